The number of non-ortho nitro benzene ring substituents is 1. The molecule has 0 spiro atoms. The Kier molecular flexibility index (Phi) is 3.79. The van der Waals surface area contributed by atoms with Crippen LogP contribution in [-0.2, 0) is 6.54 Å². The molecule has 7 nitrogen and oxygen atoms in total. The highest BCUT2D eigenvalue weighted by atomic mass is 16.6. The lowest BCUT2D eigenvalue weighted by atomic mass is 10.1. The van der Waals surface area contributed by atoms with Gasteiger partial charge in [0, 0.05) is 30.6 Å². The largest absolute Gasteiger partial charge is 0.322 e. The number of amides is 1. The summed E-state index contributed by atoms with van der Waals surface area (Å²) in [5.41, 5.74) is 1.63. The van der Waals surface area contributed by atoms with Crippen LogP contribution in [0.25, 0.3) is 0 Å². The topological polar surface area (TPSA) is 90.1 Å². The third kappa shape index (κ3) is 2.82. The van der Waals surface area contributed by atoms with E-state index in [1.807, 2.05) is 6.92 Å². The quantitative estimate of drug-likeness (QED) is 0.684. The molecule has 0 bridgehead atoms. The first kappa shape index (κ1) is 13.7. The van der Waals surface area contributed by atoms with Gasteiger partial charge in [0.25, 0.3) is 11.6 Å². The van der Waals surface area contributed by atoms with Gasteiger partial charge in [-0.25, -0.2) is 0 Å². The number of nitro groups is 1. The molecule has 1 N–H and O–H groups in total. The summed E-state index contributed by atoms with van der Waals surface area (Å²) in [7, 11) is 0. The third-order valence-electron chi connectivity index (χ3n) is 2.89. The predicted molar refractivity (Wildman–Crippen MR) is 73.7 cm³/mol. The number of anilines is 1. The molecular formula is C13H14N4O3. The fraction of sp³-hybridized carbons (Fsp3) is 0.231. The zero-order valence-corrected chi connectivity index (χ0v) is 11.2. The molecule has 0 fully saturated rings. The first-order valence-corrected chi connectivity index (χ1v) is 6.10. The van der Waals surface area contributed by atoms with Crippen molar-refractivity contribution < 1.29 is 9.72 Å². The van der Waals surface area contributed by atoms with Crippen molar-refractivity contribution in [3.8, 4) is 0 Å². The molecule has 0 saturated heterocycles. The minimum Gasteiger partial charge on any atom is -0.322 e. The second-order valence-electron chi connectivity index (χ2n) is 4.30. The molecule has 1 heterocycles. The third-order valence-corrected chi connectivity index (χ3v) is 2.89. The summed E-state index contributed by atoms with van der Waals surface area (Å²) in [6.07, 6.45) is 3.13. The van der Waals surface area contributed by atoms with Crippen molar-refractivity contribution in [1.82, 2.24) is 9.78 Å². The zero-order valence-electron chi connectivity index (χ0n) is 11.2. The van der Waals surface area contributed by atoms with Gasteiger partial charge in [0.1, 0.15) is 0 Å². The van der Waals surface area contributed by atoms with Crippen LogP contribution in [0.4, 0.5) is 11.4 Å². The Morgan fingerprint density at radius 2 is 2.25 bits per heavy atom. The summed E-state index contributed by atoms with van der Waals surface area (Å²) in [5.74, 6) is -0.290. The normalized spacial score (nSPS) is 10.3. The van der Waals surface area contributed by atoms with E-state index in [-0.39, 0.29) is 11.6 Å². The van der Waals surface area contributed by atoms with Gasteiger partial charge in [0.15, 0.2) is 0 Å². The van der Waals surface area contributed by atoms with Gasteiger partial charge in [-0.1, -0.05) is 0 Å². The number of aromatic nitrogens is 2. The van der Waals surface area contributed by atoms with Crippen LogP contribution < -0.4 is 5.32 Å². The molecular weight excluding hydrogens is 260 g/mol. The van der Waals surface area contributed by atoms with Crippen LogP contribution >= 0.6 is 0 Å². The number of hydrogen-bond acceptors (Lipinski definition) is 4. The fourth-order valence-corrected chi connectivity index (χ4v) is 1.75. The van der Waals surface area contributed by atoms with Gasteiger partial charge in [-0.15, -0.1) is 0 Å². The molecule has 0 saturated carbocycles. The van der Waals surface area contributed by atoms with Crippen molar-refractivity contribution in [2.75, 3.05) is 5.32 Å². The van der Waals surface area contributed by atoms with Crippen LogP contribution in [0.1, 0.15) is 22.8 Å². The molecule has 1 amide bonds. The lowest BCUT2D eigenvalue weighted by Crippen LogP contribution is -2.12. The Bertz CT molecular complexity index is 663. The van der Waals surface area contributed by atoms with Gasteiger partial charge >= 0.3 is 0 Å². The van der Waals surface area contributed by atoms with Gasteiger partial charge in [0.05, 0.1) is 16.7 Å². The summed E-state index contributed by atoms with van der Waals surface area (Å²) in [6, 6.07) is 4.30. The number of nitro benzene ring substituents is 1. The molecule has 1 aromatic heterocycles. The van der Waals surface area contributed by atoms with Gasteiger partial charge in [-0.2, -0.15) is 5.10 Å². The van der Waals surface area contributed by atoms with Crippen molar-refractivity contribution in [3.63, 3.8) is 0 Å². The summed E-state index contributed by atoms with van der Waals surface area (Å²) in [6.45, 7) is 4.32. The van der Waals surface area contributed by atoms with Crippen molar-refractivity contribution in [3.05, 3.63) is 51.8 Å². The van der Waals surface area contributed by atoms with Gasteiger partial charge in [-0.3, -0.25) is 19.6 Å². The van der Waals surface area contributed by atoms with Crippen molar-refractivity contribution in [1.29, 1.82) is 0 Å². The molecule has 0 unspecified atom stereocenters. The number of aryl methyl sites for hydroxylation is 2. The van der Waals surface area contributed by atoms with Crippen LogP contribution in [0.5, 0.6) is 0 Å². The molecule has 0 aliphatic rings. The summed E-state index contributed by atoms with van der Waals surface area (Å²) >= 11 is 0. The Morgan fingerprint density at radius 1 is 1.50 bits per heavy atom. The van der Waals surface area contributed by atoms with Crippen LogP contribution in [-0.4, -0.2) is 20.6 Å². The first-order valence-electron chi connectivity index (χ1n) is 6.10. The van der Waals surface area contributed by atoms with Crippen LogP contribution in [0.3, 0.4) is 0 Å². The predicted octanol–water partition coefficient (Wildman–Crippen LogP) is 2.37. The second kappa shape index (κ2) is 5.52. The van der Waals surface area contributed by atoms with E-state index in [0.29, 0.717) is 23.4 Å². The summed E-state index contributed by atoms with van der Waals surface area (Å²) < 4.78 is 1.65. The minimum atomic E-state index is -0.468. The molecule has 7 heteroatoms. The van der Waals surface area contributed by atoms with Crippen molar-refractivity contribution >= 4 is 17.3 Å². The number of nitrogens with zero attached hydrogens (tertiary/aromatic N) is 3. The van der Waals surface area contributed by atoms with Gasteiger partial charge in [-0.05, 0) is 25.5 Å². The van der Waals surface area contributed by atoms with Gasteiger partial charge in [0.2, 0.25) is 0 Å². The number of carbonyl (C=O) groups excluding carboxylic acids is 1. The highest BCUT2D eigenvalue weighted by Gasteiger charge is 2.12. The smallest absolute Gasteiger partial charge is 0.269 e. The Morgan fingerprint density at radius 3 is 2.80 bits per heavy atom. The van der Waals surface area contributed by atoms with E-state index >= 15 is 0 Å². The molecule has 104 valence electrons. The first-order chi connectivity index (χ1) is 9.51. The minimum absolute atomic E-state index is 0.000647. The SMILES string of the molecule is CCn1cc(C(=O)Nc2ccc([N+](=O)[O-])cc2C)cn1. The summed E-state index contributed by atoms with van der Waals surface area (Å²) in [5, 5.41) is 17.4. The molecule has 20 heavy (non-hydrogen) atoms. The van der Waals surface area contributed by atoms with Crippen LogP contribution in [0, 0.1) is 17.0 Å². The lowest BCUT2D eigenvalue weighted by Gasteiger charge is -2.06. The van der Waals surface area contributed by atoms with Crippen LogP contribution in [0.2, 0.25) is 0 Å². The molecule has 2 aromatic rings. The van der Waals surface area contributed by atoms with E-state index in [0.717, 1.165) is 0 Å². The molecule has 0 radical (unpaired) electrons. The molecule has 2 rings (SSSR count). The Labute approximate surface area is 115 Å². The van der Waals surface area contributed by atoms with Crippen LogP contribution in [0.15, 0.2) is 30.6 Å². The van der Waals surface area contributed by atoms with E-state index in [4.69, 9.17) is 0 Å². The van der Waals surface area contributed by atoms with Crippen molar-refractivity contribution in [2.24, 2.45) is 0 Å². The maximum Gasteiger partial charge on any atom is 0.269 e. The molecule has 0 aliphatic carbocycles. The Balaban J connectivity index is 2.17. The second-order valence-corrected chi connectivity index (χ2v) is 4.30. The van der Waals surface area contributed by atoms with E-state index in [9.17, 15) is 14.9 Å². The van der Waals surface area contributed by atoms with E-state index in [1.54, 1.807) is 17.8 Å². The average Bonchev–Trinajstić information content (AvgIpc) is 2.89. The highest BCUT2D eigenvalue weighted by Crippen LogP contribution is 2.21. The number of benzene rings is 1. The lowest BCUT2D eigenvalue weighted by molar-refractivity contribution is -0.384. The zero-order chi connectivity index (χ0) is 14.7. The number of nitrogens with one attached hydrogen (secondary N) is 1. The maximum atomic E-state index is 12.0. The number of carbonyl (C=O) groups is 1. The molecule has 1 aromatic carbocycles. The van der Waals surface area contributed by atoms with E-state index in [1.165, 1.54) is 24.4 Å². The van der Waals surface area contributed by atoms with E-state index < -0.39 is 4.92 Å². The fourth-order valence-electron chi connectivity index (χ4n) is 1.75. The maximum absolute atomic E-state index is 12.0. The van der Waals surface area contributed by atoms with Crippen molar-refractivity contribution in [2.45, 2.75) is 20.4 Å². The van der Waals surface area contributed by atoms with Gasteiger partial charge < -0.3 is 5.32 Å². The molecule has 0 aliphatic heterocycles. The summed E-state index contributed by atoms with van der Waals surface area (Å²) in [4.78, 5) is 22.2. The number of hydrogen-bond donors (Lipinski definition) is 1. The highest BCUT2D eigenvalue weighted by molar-refractivity contribution is 6.04. The Hall–Kier alpha value is -2.70. The average molecular weight is 274 g/mol. The molecule has 0 atom stereocenters. The number of rotatable bonds is 4. The van der Waals surface area contributed by atoms with E-state index in [2.05, 4.69) is 10.4 Å². The monoisotopic (exact) mass is 274 g/mol. The standard InChI is InChI=1S/C13H14N4O3/c1-3-16-8-10(7-14-16)13(18)15-12-5-4-11(17(19)20)6-9(12)2/h4-8H,3H2,1-2H3,(H,15,18).